The van der Waals surface area contributed by atoms with Crippen molar-refractivity contribution in [2.75, 3.05) is 6.61 Å². The lowest BCUT2D eigenvalue weighted by Gasteiger charge is -2.02. The Morgan fingerprint density at radius 3 is 3.42 bits per heavy atom. The molecule has 0 N–H and O–H groups in total. The molecule has 1 aliphatic carbocycles. The molecule has 0 unspecified atom stereocenters. The Kier molecular flexibility index (Phi) is 1.09. The zero-order chi connectivity index (χ0) is 7.97. The van der Waals surface area contributed by atoms with Crippen molar-refractivity contribution in [1.29, 1.82) is 0 Å². The van der Waals surface area contributed by atoms with Crippen LogP contribution in [-0.2, 0) is 12.8 Å². The van der Waals surface area contributed by atoms with Gasteiger partial charge in [0.25, 0.3) is 0 Å². The molecule has 1 aliphatic heterocycles. The van der Waals surface area contributed by atoms with E-state index in [-0.39, 0.29) is 0 Å². The van der Waals surface area contributed by atoms with Crippen LogP contribution in [0.25, 0.3) is 6.08 Å². The maximum atomic E-state index is 5.43. The van der Waals surface area contributed by atoms with E-state index >= 15 is 0 Å². The number of nitrogens with zero attached hydrogens (tertiary/aromatic N) is 1. The summed E-state index contributed by atoms with van der Waals surface area (Å²) in [7, 11) is 0. The first-order valence-corrected chi connectivity index (χ1v) is 4.25. The third-order valence-corrected chi connectivity index (χ3v) is 2.48. The molecule has 2 aliphatic rings. The van der Waals surface area contributed by atoms with Gasteiger partial charge in [-0.1, -0.05) is 12.2 Å². The van der Waals surface area contributed by atoms with Crippen molar-refractivity contribution in [1.82, 2.24) is 4.98 Å². The minimum atomic E-state index is 0.821. The lowest BCUT2D eigenvalue weighted by molar-refractivity contribution is 0.355. The van der Waals surface area contributed by atoms with E-state index in [0.717, 1.165) is 25.2 Å². The van der Waals surface area contributed by atoms with Crippen molar-refractivity contribution in [2.24, 2.45) is 0 Å². The van der Waals surface area contributed by atoms with E-state index in [1.165, 1.54) is 16.8 Å². The van der Waals surface area contributed by atoms with Gasteiger partial charge in [-0.3, -0.25) is 4.98 Å². The van der Waals surface area contributed by atoms with Crippen LogP contribution in [0.15, 0.2) is 12.3 Å². The van der Waals surface area contributed by atoms with Gasteiger partial charge in [0.05, 0.1) is 18.5 Å². The van der Waals surface area contributed by atoms with E-state index in [9.17, 15) is 0 Å². The van der Waals surface area contributed by atoms with Crippen LogP contribution >= 0.6 is 0 Å². The lowest BCUT2D eigenvalue weighted by atomic mass is 10.1. The molecule has 2 heteroatoms. The minimum Gasteiger partial charge on any atom is -0.491 e. The number of fused-ring (bicyclic) bond motifs is 3. The van der Waals surface area contributed by atoms with E-state index in [4.69, 9.17) is 4.74 Å². The molecule has 0 aromatic carbocycles. The number of rotatable bonds is 0. The molecule has 0 saturated carbocycles. The Morgan fingerprint density at radius 2 is 2.42 bits per heavy atom. The molecule has 0 spiro atoms. The summed E-state index contributed by atoms with van der Waals surface area (Å²) in [6.45, 7) is 0.821. The molecule has 2 heterocycles. The highest BCUT2D eigenvalue weighted by atomic mass is 16.5. The van der Waals surface area contributed by atoms with Gasteiger partial charge in [-0.25, -0.2) is 0 Å². The molecule has 2 nitrogen and oxygen atoms in total. The highest BCUT2D eigenvalue weighted by Crippen LogP contribution is 2.32. The Balaban J connectivity index is 2.30. The maximum absolute atomic E-state index is 5.43. The van der Waals surface area contributed by atoms with Crippen LogP contribution in [0.2, 0.25) is 0 Å². The highest BCUT2D eigenvalue weighted by Gasteiger charge is 2.19. The summed E-state index contributed by atoms with van der Waals surface area (Å²) in [5, 5.41) is 0. The number of allylic oxidation sites excluding steroid dienone is 1. The fourth-order valence-corrected chi connectivity index (χ4v) is 1.88. The normalized spacial score (nSPS) is 17.3. The molecule has 0 fully saturated rings. The fraction of sp³-hybridized carbons (Fsp3) is 0.300. The average Bonchev–Trinajstić information content (AvgIpc) is 2.71. The average molecular weight is 159 g/mol. The zero-order valence-corrected chi connectivity index (χ0v) is 6.71. The van der Waals surface area contributed by atoms with Crippen LogP contribution in [0.1, 0.15) is 16.8 Å². The Labute approximate surface area is 70.9 Å². The highest BCUT2D eigenvalue weighted by molar-refractivity contribution is 5.64. The summed E-state index contributed by atoms with van der Waals surface area (Å²) in [5.74, 6) is 0.986. The molecular weight excluding hydrogens is 150 g/mol. The van der Waals surface area contributed by atoms with Crippen molar-refractivity contribution in [3.8, 4) is 5.75 Å². The molecule has 0 saturated heterocycles. The third kappa shape index (κ3) is 0.670. The van der Waals surface area contributed by atoms with E-state index < -0.39 is 0 Å². The van der Waals surface area contributed by atoms with Gasteiger partial charge in [0.2, 0.25) is 0 Å². The van der Waals surface area contributed by atoms with E-state index in [1.807, 2.05) is 6.20 Å². The smallest absolute Gasteiger partial charge is 0.141 e. The van der Waals surface area contributed by atoms with E-state index in [1.54, 1.807) is 0 Å². The van der Waals surface area contributed by atoms with Gasteiger partial charge in [0.15, 0.2) is 0 Å². The molecule has 1 aromatic heterocycles. The lowest BCUT2D eigenvalue weighted by Crippen LogP contribution is -1.91. The van der Waals surface area contributed by atoms with Gasteiger partial charge < -0.3 is 4.74 Å². The monoisotopic (exact) mass is 159 g/mol. The topological polar surface area (TPSA) is 22.1 Å². The zero-order valence-electron chi connectivity index (χ0n) is 6.71. The van der Waals surface area contributed by atoms with E-state index in [0.29, 0.717) is 0 Å². The first-order valence-electron chi connectivity index (χ1n) is 4.25. The molecule has 1 aromatic rings. The van der Waals surface area contributed by atoms with Crippen LogP contribution in [-0.4, -0.2) is 11.6 Å². The summed E-state index contributed by atoms with van der Waals surface area (Å²) in [6.07, 6.45) is 8.22. The van der Waals surface area contributed by atoms with Gasteiger partial charge in [-0.2, -0.15) is 0 Å². The predicted molar refractivity (Wildman–Crippen MR) is 46.2 cm³/mol. The molecule has 12 heavy (non-hydrogen) atoms. The van der Waals surface area contributed by atoms with Gasteiger partial charge in [0.1, 0.15) is 5.75 Å². The second-order valence-corrected chi connectivity index (χ2v) is 3.17. The van der Waals surface area contributed by atoms with Crippen LogP contribution < -0.4 is 4.74 Å². The predicted octanol–water partition coefficient (Wildman–Crippen LogP) is 1.59. The summed E-state index contributed by atoms with van der Waals surface area (Å²) in [4.78, 5) is 4.34. The maximum Gasteiger partial charge on any atom is 0.141 e. The SMILES string of the molecule is C1=Cc2c(ncc3c2CCO3)C1. The number of pyridine rings is 1. The van der Waals surface area contributed by atoms with Crippen molar-refractivity contribution in [2.45, 2.75) is 12.8 Å². The van der Waals surface area contributed by atoms with Gasteiger partial charge in [-0.15, -0.1) is 0 Å². The Bertz CT molecular complexity index is 368. The molecule has 3 rings (SSSR count). The summed E-state index contributed by atoms with van der Waals surface area (Å²) in [5.41, 5.74) is 3.87. The van der Waals surface area contributed by atoms with Crippen molar-refractivity contribution < 1.29 is 4.74 Å². The summed E-state index contributed by atoms with van der Waals surface area (Å²) >= 11 is 0. The first kappa shape index (κ1) is 6.23. The Hall–Kier alpha value is -1.31. The van der Waals surface area contributed by atoms with Crippen LogP contribution in [0.3, 0.4) is 0 Å². The standard InChI is InChI=1S/C10H9NO/c1-2-7-8-4-5-12-10(8)6-11-9(7)3-1/h1-2,6H,3-5H2. The molecule has 0 amide bonds. The second kappa shape index (κ2) is 2.09. The number of ether oxygens (including phenoxy) is 1. The number of hydrogen-bond acceptors (Lipinski definition) is 2. The first-order chi connectivity index (χ1) is 5.95. The van der Waals surface area contributed by atoms with Gasteiger partial charge in [-0.05, 0) is 0 Å². The van der Waals surface area contributed by atoms with Crippen molar-refractivity contribution in [3.05, 3.63) is 29.1 Å². The largest absolute Gasteiger partial charge is 0.491 e. The van der Waals surface area contributed by atoms with Crippen molar-refractivity contribution in [3.63, 3.8) is 0 Å². The molecule has 60 valence electrons. The van der Waals surface area contributed by atoms with Gasteiger partial charge >= 0.3 is 0 Å². The Morgan fingerprint density at radius 1 is 1.42 bits per heavy atom. The molecule has 0 radical (unpaired) electrons. The van der Waals surface area contributed by atoms with Gasteiger partial charge in [0, 0.05) is 24.0 Å². The number of aromatic nitrogens is 1. The van der Waals surface area contributed by atoms with Crippen molar-refractivity contribution >= 4 is 6.08 Å². The quantitative estimate of drug-likeness (QED) is 0.573. The minimum absolute atomic E-state index is 0.821. The van der Waals surface area contributed by atoms with Crippen LogP contribution in [0.5, 0.6) is 5.75 Å². The third-order valence-electron chi connectivity index (χ3n) is 2.48. The summed E-state index contributed by atoms with van der Waals surface area (Å²) < 4.78 is 5.43. The van der Waals surface area contributed by atoms with Crippen LogP contribution in [0.4, 0.5) is 0 Å². The molecule has 0 bridgehead atoms. The van der Waals surface area contributed by atoms with E-state index in [2.05, 4.69) is 17.1 Å². The molecular formula is C10H9NO. The molecule has 0 atom stereocenters. The number of hydrogen-bond donors (Lipinski definition) is 0. The van der Waals surface area contributed by atoms with Crippen LogP contribution in [0, 0.1) is 0 Å². The fourth-order valence-electron chi connectivity index (χ4n) is 1.88. The summed E-state index contributed by atoms with van der Waals surface area (Å²) in [6, 6.07) is 0. The second-order valence-electron chi connectivity index (χ2n) is 3.17.